The number of allylic oxidation sites excluding steroid dienone is 1. The summed E-state index contributed by atoms with van der Waals surface area (Å²) in [6.07, 6.45) is 9.89. The Morgan fingerprint density at radius 2 is 1.90 bits per heavy atom. The van der Waals surface area contributed by atoms with Crippen LogP contribution in [-0.4, -0.2) is 22.9 Å². The van der Waals surface area contributed by atoms with E-state index in [2.05, 4.69) is 27.7 Å². The Morgan fingerprint density at radius 3 is 2.57 bits per heavy atom. The third-order valence-corrected chi connectivity index (χ3v) is 6.63. The lowest BCUT2D eigenvalue weighted by atomic mass is 9.47. The minimum absolute atomic E-state index is 0.131. The zero-order valence-electron chi connectivity index (χ0n) is 14.4. The Morgan fingerprint density at radius 1 is 1.19 bits per heavy atom. The molecule has 2 rings (SSSR count). The lowest BCUT2D eigenvalue weighted by molar-refractivity contribution is -0.125. The van der Waals surface area contributed by atoms with Crippen LogP contribution in [0.25, 0.3) is 0 Å². The van der Waals surface area contributed by atoms with Crippen molar-refractivity contribution in [1.82, 2.24) is 0 Å². The van der Waals surface area contributed by atoms with E-state index >= 15 is 0 Å². The van der Waals surface area contributed by atoms with Gasteiger partial charge in [0.05, 0.1) is 12.7 Å². The Bertz CT molecular complexity index is 385. The normalized spacial score (nSPS) is 39.9. The fourth-order valence-corrected chi connectivity index (χ4v) is 5.47. The Labute approximate surface area is 130 Å². The maximum Gasteiger partial charge on any atom is 0.0614 e. The molecule has 2 fully saturated rings. The third kappa shape index (κ3) is 3.37. The highest BCUT2D eigenvalue weighted by atomic mass is 16.3. The average Bonchev–Trinajstić information content (AvgIpc) is 2.37. The second-order valence-electron chi connectivity index (χ2n) is 8.42. The number of fused-ring (bicyclic) bond motifs is 1. The molecule has 0 aliphatic heterocycles. The van der Waals surface area contributed by atoms with Crippen LogP contribution in [0.15, 0.2) is 11.6 Å². The van der Waals surface area contributed by atoms with Gasteiger partial charge in [-0.1, -0.05) is 38.8 Å². The maximum absolute atomic E-state index is 10.6. The summed E-state index contributed by atoms with van der Waals surface area (Å²) in [6, 6.07) is 0. The second kappa shape index (κ2) is 6.42. The Kier molecular flexibility index (Phi) is 5.20. The predicted octanol–water partition coefficient (Wildman–Crippen LogP) is 4.31. The molecule has 2 N–H and O–H groups in total. The highest BCUT2D eigenvalue weighted by molar-refractivity contribution is 5.05. The molecule has 0 bridgehead atoms. The molecule has 0 aromatic rings. The SMILES string of the molecule is C/C(=C\CO)CC[C@H]1[C@H](O)CC[C@H]2C(C)(C)CCC[C@]12C. The zero-order chi connectivity index (χ0) is 15.7. The summed E-state index contributed by atoms with van der Waals surface area (Å²) in [5.74, 6) is 1.16. The van der Waals surface area contributed by atoms with E-state index < -0.39 is 0 Å². The highest BCUT2D eigenvalue weighted by Gasteiger charge is 2.53. The van der Waals surface area contributed by atoms with E-state index in [4.69, 9.17) is 5.11 Å². The van der Waals surface area contributed by atoms with E-state index in [-0.39, 0.29) is 12.7 Å². The minimum atomic E-state index is -0.137. The molecule has 0 aromatic carbocycles. The fraction of sp³-hybridized carbons (Fsp3) is 0.895. The van der Waals surface area contributed by atoms with Crippen LogP contribution < -0.4 is 0 Å². The summed E-state index contributed by atoms with van der Waals surface area (Å²) in [5, 5.41) is 19.6. The standard InChI is InChI=1S/C19H34O2/c1-14(10-13-20)6-7-15-16(21)8-9-17-18(2,3)11-5-12-19(15,17)4/h10,15-17,20-21H,5-9,11-13H2,1-4H3/b14-10+/t15-,16+,17-,19+/m0/s1. The molecule has 0 unspecified atom stereocenters. The summed E-state index contributed by atoms with van der Waals surface area (Å²) in [5.41, 5.74) is 1.96. The highest BCUT2D eigenvalue weighted by Crippen LogP contribution is 2.60. The number of hydrogen-bond donors (Lipinski definition) is 2. The van der Waals surface area contributed by atoms with Gasteiger partial charge in [-0.05, 0) is 68.1 Å². The van der Waals surface area contributed by atoms with Gasteiger partial charge in [0.2, 0.25) is 0 Å². The largest absolute Gasteiger partial charge is 0.393 e. The molecule has 0 radical (unpaired) electrons. The van der Waals surface area contributed by atoms with Crippen LogP contribution in [0, 0.1) is 22.7 Å². The summed E-state index contributed by atoms with van der Waals surface area (Å²) < 4.78 is 0. The summed E-state index contributed by atoms with van der Waals surface area (Å²) >= 11 is 0. The summed E-state index contributed by atoms with van der Waals surface area (Å²) in [4.78, 5) is 0. The van der Waals surface area contributed by atoms with Gasteiger partial charge in [0.1, 0.15) is 0 Å². The van der Waals surface area contributed by atoms with Crippen molar-refractivity contribution >= 4 is 0 Å². The average molecular weight is 294 g/mol. The van der Waals surface area contributed by atoms with Crippen molar-refractivity contribution in [2.45, 2.75) is 78.7 Å². The van der Waals surface area contributed by atoms with Crippen molar-refractivity contribution < 1.29 is 10.2 Å². The lowest BCUT2D eigenvalue weighted by Gasteiger charge is -2.58. The van der Waals surface area contributed by atoms with Gasteiger partial charge in [0.25, 0.3) is 0 Å². The van der Waals surface area contributed by atoms with Crippen molar-refractivity contribution in [1.29, 1.82) is 0 Å². The molecule has 0 heterocycles. The quantitative estimate of drug-likeness (QED) is 0.759. The first-order chi connectivity index (χ1) is 9.81. The first-order valence-corrected chi connectivity index (χ1v) is 8.76. The molecule has 2 nitrogen and oxygen atoms in total. The van der Waals surface area contributed by atoms with E-state index in [1.807, 2.05) is 6.08 Å². The second-order valence-corrected chi connectivity index (χ2v) is 8.42. The first kappa shape index (κ1) is 17.0. The van der Waals surface area contributed by atoms with Crippen LogP contribution in [0.1, 0.15) is 72.6 Å². The van der Waals surface area contributed by atoms with Gasteiger partial charge in [0.15, 0.2) is 0 Å². The minimum Gasteiger partial charge on any atom is -0.393 e. The van der Waals surface area contributed by atoms with Crippen LogP contribution >= 0.6 is 0 Å². The molecule has 2 heteroatoms. The molecule has 0 spiro atoms. The molecule has 0 amide bonds. The van der Waals surface area contributed by atoms with Gasteiger partial charge in [-0.25, -0.2) is 0 Å². The van der Waals surface area contributed by atoms with Gasteiger partial charge in [-0.2, -0.15) is 0 Å². The van der Waals surface area contributed by atoms with E-state index in [1.165, 1.54) is 31.3 Å². The number of aliphatic hydroxyl groups excluding tert-OH is 2. The predicted molar refractivity (Wildman–Crippen MR) is 88.0 cm³/mol. The maximum atomic E-state index is 10.6. The Hall–Kier alpha value is -0.340. The van der Waals surface area contributed by atoms with Crippen LogP contribution in [-0.2, 0) is 0 Å². The van der Waals surface area contributed by atoms with Crippen LogP contribution in [0.2, 0.25) is 0 Å². The van der Waals surface area contributed by atoms with Gasteiger partial charge in [0, 0.05) is 0 Å². The number of hydrogen-bond acceptors (Lipinski definition) is 2. The summed E-state index contributed by atoms with van der Waals surface area (Å²) in [6.45, 7) is 9.53. The van der Waals surface area contributed by atoms with Gasteiger partial charge >= 0.3 is 0 Å². The van der Waals surface area contributed by atoms with Gasteiger partial charge in [-0.3, -0.25) is 0 Å². The zero-order valence-corrected chi connectivity index (χ0v) is 14.4. The fourth-order valence-electron chi connectivity index (χ4n) is 5.47. The molecule has 0 aromatic heterocycles. The molecule has 4 atom stereocenters. The lowest BCUT2D eigenvalue weighted by Crippen LogP contribution is -2.53. The molecule has 122 valence electrons. The topological polar surface area (TPSA) is 40.5 Å². The number of aliphatic hydroxyl groups is 2. The van der Waals surface area contributed by atoms with Gasteiger partial charge < -0.3 is 10.2 Å². The van der Waals surface area contributed by atoms with Crippen molar-refractivity contribution in [3.05, 3.63) is 11.6 Å². The molecule has 21 heavy (non-hydrogen) atoms. The summed E-state index contributed by atoms with van der Waals surface area (Å²) in [7, 11) is 0. The van der Waals surface area contributed by atoms with Crippen molar-refractivity contribution in [3.8, 4) is 0 Å². The van der Waals surface area contributed by atoms with Crippen molar-refractivity contribution in [2.24, 2.45) is 22.7 Å². The smallest absolute Gasteiger partial charge is 0.0614 e. The van der Waals surface area contributed by atoms with Crippen molar-refractivity contribution in [3.63, 3.8) is 0 Å². The molecular weight excluding hydrogens is 260 g/mol. The molecule has 0 saturated heterocycles. The molecular formula is C19H34O2. The van der Waals surface area contributed by atoms with E-state index in [0.717, 1.165) is 25.2 Å². The monoisotopic (exact) mass is 294 g/mol. The first-order valence-electron chi connectivity index (χ1n) is 8.76. The molecule has 2 saturated carbocycles. The van der Waals surface area contributed by atoms with Crippen molar-refractivity contribution in [2.75, 3.05) is 6.61 Å². The van der Waals surface area contributed by atoms with E-state index in [9.17, 15) is 5.11 Å². The molecule has 2 aliphatic carbocycles. The Balaban J connectivity index is 2.15. The van der Waals surface area contributed by atoms with Gasteiger partial charge in [-0.15, -0.1) is 0 Å². The van der Waals surface area contributed by atoms with Crippen LogP contribution in [0.5, 0.6) is 0 Å². The number of rotatable bonds is 4. The van der Waals surface area contributed by atoms with E-state index in [1.54, 1.807) is 0 Å². The van der Waals surface area contributed by atoms with Crippen LogP contribution in [0.4, 0.5) is 0 Å². The van der Waals surface area contributed by atoms with E-state index in [0.29, 0.717) is 16.7 Å². The molecule has 2 aliphatic rings. The third-order valence-electron chi connectivity index (χ3n) is 6.63. The van der Waals surface area contributed by atoms with Crippen LogP contribution in [0.3, 0.4) is 0 Å².